The first kappa shape index (κ1) is 38.5. The number of allylic oxidation sites excluding steroid dienone is 2. The minimum Gasteiger partial charge on any atom is -0.488 e. The van der Waals surface area contributed by atoms with E-state index in [2.05, 4.69) is 65.5 Å². The number of benzene rings is 2. The van der Waals surface area contributed by atoms with E-state index in [1.807, 2.05) is 18.2 Å². The largest absolute Gasteiger partial charge is 0.488 e. The van der Waals surface area contributed by atoms with Gasteiger partial charge in [-0.25, -0.2) is 0 Å². The first-order chi connectivity index (χ1) is 25.6. The van der Waals surface area contributed by atoms with Gasteiger partial charge in [0.15, 0.2) is 0 Å². The van der Waals surface area contributed by atoms with E-state index < -0.39 is 29.6 Å². The Labute approximate surface area is 317 Å². The molecule has 0 amide bonds. The van der Waals surface area contributed by atoms with Gasteiger partial charge in [0.2, 0.25) is 0 Å². The van der Waals surface area contributed by atoms with Crippen molar-refractivity contribution < 1.29 is 29.2 Å². The summed E-state index contributed by atoms with van der Waals surface area (Å²) in [7, 11) is 0. The molecule has 10 nitrogen and oxygen atoms in total. The molecular formula is C42H49ClN4O6. The summed E-state index contributed by atoms with van der Waals surface area (Å²) in [6.45, 7) is 7.07. The first-order valence-corrected chi connectivity index (χ1v) is 18.8. The van der Waals surface area contributed by atoms with Crippen LogP contribution in [0, 0.1) is 22.7 Å². The molecule has 0 spiro atoms. The Balaban J connectivity index is 1.30. The van der Waals surface area contributed by atoms with E-state index in [1.165, 1.54) is 31.9 Å². The third kappa shape index (κ3) is 8.77. The van der Waals surface area contributed by atoms with Gasteiger partial charge in [0.05, 0.1) is 23.8 Å². The Hall–Kier alpha value is -4.24. The Morgan fingerprint density at radius 2 is 1.91 bits per heavy atom. The van der Waals surface area contributed by atoms with Crippen molar-refractivity contribution in [2.45, 2.75) is 76.8 Å². The molecule has 3 aromatic rings. The number of aliphatic hydroxyl groups excluding tert-OH is 1. The summed E-state index contributed by atoms with van der Waals surface area (Å²) in [5.41, 5.74) is 2.56. The zero-order valence-corrected chi connectivity index (χ0v) is 31.2. The number of hydrogen-bond acceptors (Lipinski definition) is 9. The van der Waals surface area contributed by atoms with Gasteiger partial charge in [-0.1, -0.05) is 74.4 Å². The smallest absolute Gasteiger partial charge is 0.323 e. The number of aliphatic hydroxyl groups is 1. The van der Waals surface area contributed by atoms with Gasteiger partial charge in [-0.05, 0) is 74.0 Å². The highest BCUT2D eigenvalue weighted by Gasteiger charge is 2.50. The molecule has 6 rings (SSSR count). The lowest BCUT2D eigenvalue weighted by molar-refractivity contribution is -0.140. The number of carbonyl (C=O) groups is 1. The molecule has 2 saturated heterocycles. The van der Waals surface area contributed by atoms with Crippen LogP contribution < -0.4 is 14.8 Å². The van der Waals surface area contributed by atoms with E-state index in [4.69, 9.17) is 25.8 Å². The molecule has 1 aliphatic carbocycles. The van der Waals surface area contributed by atoms with Crippen LogP contribution in [0.25, 0.3) is 5.57 Å². The Kier molecular flexibility index (Phi) is 12.5. The van der Waals surface area contributed by atoms with E-state index >= 15 is 0 Å². The van der Waals surface area contributed by atoms with E-state index in [-0.39, 0.29) is 19.8 Å². The van der Waals surface area contributed by atoms with Gasteiger partial charge in [-0.2, -0.15) is 5.26 Å². The van der Waals surface area contributed by atoms with Crippen LogP contribution in [0.2, 0.25) is 5.02 Å². The SMILES string of the molecule is CC1(C)C(c2ccccc2)=CC=CC1(COc1cc(OCc2cncc(C#N)c2)c(CNC(CO)C(=O)O)cc1Cl)OC[C@@H]1CCCN2CCCC[C@H]12. The Morgan fingerprint density at radius 1 is 1.09 bits per heavy atom. The Morgan fingerprint density at radius 3 is 2.68 bits per heavy atom. The van der Waals surface area contributed by atoms with Crippen LogP contribution in [0.5, 0.6) is 11.5 Å². The van der Waals surface area contributed by atoms with Gasteiger partial charge in [-0.3, -0.25) is 15.1 Å². The average Bonchev–Trinajstić information content (AvgIpc) is 3.17. The van der Waals surface area contributed by atoms with Crippen molar-refractivity contribution >= 4 is 23.1 Å². The number of nitrogens with one attached hydrogen (secondary N) is 1. The van der Waals surface area contributed by atoms with Gasteiger partial charge in [0.1, 0.15) is 42.4 Å². The normalized spacial score (nSPS) is 23.0. The molecule has 2 aliphatic heterocycles. The topological polar surface area (TPSA) is 137 Å². The number of carboxylic acid groups (broad SMARTS) is 1. The van der Waals surface area contributed by atoms with Crippen molar-refractivity contribution in [1.29, 1.82) is 5.26 Å². The number of fused-ring (bicyclic) bond motifs is 1. The maximum atomic E-state index is 11.6. The number of rotatable bonds is 15. The molecule has 53 heavy (non-hydrogen) atoms. The van der Waals surface area contributed by atoms with Crippen LogP contribution in [0.3, 0.4) is 0 Å². The fraction of sp³-hybridized carbons (Fsp3) is 0.452. The minimum absolute atomic E-state index is 0.0525. The van der Waals surface area contributed by atoms with Crippen molar-refractivity contribution in [3.8, 4) is 17.6 Å². The standard InChI is InChI=1S/C42H49ClN4O6/c1-41(2)34(31-10-4-3-5-11-31)13-8-15-42(41,53-27-32-12-9-17-47-16-7-6-14-37(32)47)28-52-39-20-38(51-26-30-18-29(21-44)22-45-23-30)33(19-35(39)43)24-46-36(25-48)40(49)50/h3-5,8,10-11,13,15,18-20,22-23,32,36-37,46,48H,6-7,9,12,14,16-17,24-28H2,1-2H3,(H,49,50)/t32-,36?,37+,42?/m0/s1. The molecule has 11 heteroatoms. The molecule has 0 radical (unpaired) electrons. The molecule has 1 aromatic heterocycles. The molecule has 2 aromatic carbocycles. The summed E-state index contributed by atoms with van der Waals surface area (Å²) >= 11 is 6.91. The molecule has 3 heterocycles. The zero-order chi connectivity index (χ0) is 37.4. The number of aliphatic carboxylic acids is 1. The highest BCUT2D eigenvalue weighted by Crippen LogP contribution is 2.50. The lowest BCUT2D eigenvalue weighted by Gasteiger charge is -2.50. The number of ether oxygens (including phenoxy) is 3. The van der Waals surface area contributed by atoms with Crippen LogP contribution in [-0.4, -0.2) is 76.7 Å². The van der Waals surface area contributed by atoms with Gasteiger partial charge in [-0.15, -0.1) is 0 Å². The molecule has 4 atom stereocenters. The molecule has 0 bridgehead atoms. The predicted octanol–water partition coefficient (Wildman–Crippen LogP) is 6.80. The molecule has 2 fully saturated rings. The van der Waals surface area contributed by atoms with Crippen LogP contribution in [0.4, 0.5) is 0 Å². The maximum absolute atomic E-state index is 11.6. The van der Waals surface area contributed by atoms with Gasteiger partial charge < -0.3 is 29.3 Å². The van der Waals surface area contributed by atoms with E-state index in [0.29, 0.717) is 51.8 Å². The van der Waals surface area contributed by atoms with E-state index in [1.54, 1.807) is 24.4 Å². The van der Waals surface area contributed by atoms with Crippen LogP contribution >= 0.6 is 11.6 Å². The summed E-state index contributed by atoms with van der Waals surface area (Å²) in [6.07, 6.45) is 15.5. The van der Waals surface area contributed by atoms with Crippen molar-refractivity contribution in [2.24, 2.45) is 11.3 Å². The number of halogens is 1. The van der Waals surface area contributed by atoms with Crippen LogP contribution in [0.1, 0.15) is 68.2 Å². The van der Waals surface area contributed by atoms with Crippen molar-refractivity contribution in [3.63, 3.8) is 0 Å². The number of pyridine rings is 1. The molecule has 2 unspecified atom stereocenters. The summed E-state index contributed by atoms with van der Waals surface area (Å²) in [4.78, 5) is 18.4. The summed E-state index contributed by atoms with van der Waals surface area (Å²) < 4.78 is 20.1. The third-order valence-corrected chi connectivity index (χ3v) is 11.4. The monoisotopic (exact) mass is 740 g/mol. The fourth-order valence-corrected chi connectivity index (χ4v) is 8.18. The lowest BCUT2D eigenvalue weighted by atomic mass is 9.65. The molecule has 280 valence electrons. The highest BCUT2D eigenvalue weighted by atomic mass is 35.5. The minimum atomic E-state index is -1.18. The first-order valence-electron chi connectivity index (χ1n) is 18.5. The second-order valence-electron chi connectivity index (χ2n) is 14.7. The number of piperidine rings is 2. The number of hydrogen-bond donors (Lipinski definition) is 3. The third-order valence-electron chi connectivity index (χ3n) is 11.1. The fourth-order valence-electron chi connectivity index (χ4n) is 7.94. The van der Waals surface area contributed by atoms with E-state index in [9.17, 15) is 20.3 Å². The highest BCUT2D eigenvalue weighted by molar-refractivity contribution is 6.32. The zero-order valence-electron chi connectivity index (χ0n) is 30.5. The summed E-state index contributed by atoms with van der Waals surface area (Å²) in [5, 5.41) is 31.6. The quantitative estimate of drug-likeness (QED) is 0.153. The average molecular weight is 741 g/mol. The van der Waals surface area contributed by atoms with Gasteiger partial charge in [0, 0.05) is 47.6 Å². The van der Waals surface area contributed by atoms with Crippen LogP contribution in [0.15, 0.2) is 79.2 Å². The van der Waals surface area contributed by atoms with Crippen molar-refractivity contribution in [1.82, 2.24) is 15.2 Å². The molecule has 3 aliphatic rings. The second kappa shape index (κ2) is 17.3. The number of nitrogens with zero attached hydrogens (tertiary/aromatic N) is 3. The number of nitriles is 1. The maximum Gasteiger partial charge on any atom is 0.323 e. The predicted molar refractivity (Wildman–Crippen MR) is 204 cm³/mol. The molecule has 0 saturated carbocycles. The summed E-state index contributed by atoms with van der Waals surface area (Å²) in [5.74, 6) is 0.0287. The number of carboxylic acids is 1. The second-order valence-corrected chi connectivity index (χ2v) is 15.2. The lowest BCUT2D eigenvalue weighted by Crippen LogP contribution is -2.54. The van der Waals surface area contributed by atoms with Crippen molar-refractivity contribution in [3.05, 3.63) is 106 Å². The van der Waals surface area contributed by atoms with Crippen molar-refractivity contribution in [2.75, 3.05) is 32.9 Å². The Bertz CT molecular complexity index is 1840. The molecular weight excluding hydrogens is 692 g/mol. The molecule has 3 N–H and O–H groups in total. The van der Waals surface area contributed by atoms with E-state index in [0.717, 1.165) is 30.6 Å². The van der Waals surface area contributed by atoms with Crippen LogP contribution in [-0.2, 0) is 22.7 Å². The summed E-state index contributed by atoms with van der Waals surface area (Å²) in [6, 6.07) is 16.9. The number of aromatic nitrogens is 1. The van der Waals surface area contributed by atoms with Gasteiger partial charge >= 0.3 is 5.97 Å². The van der Waals surface area contributed by atoms with Gasteiger partial charge in [0.25, 0.3) is 0 Å².